The van der Waals surface area contributed by atoms with Gasteiger partial charge in [0.15, 0.2) is 0 Å². The summed E-state index contributed by atoms with van der Waals surface area (Å²) < 4.78 is 45.1. The highest BCUT2D eigenvalue weighted by Gasteiger charge is 2.33. The molecule has 4 aromatic rings. The van der Waals surface area contributed by atoms with Crippen LogP contribution < -0.4 is 5.32 Å². The zero-order chi connectivity index (χ0) is 25.9. The van der Waals surface area contributed by atoms with Crippen molar-refractivity contribution in [3.63, 3.8) is 0 Å². The molecule has 0 radical (unpaired) electrons. The Bertz CT molecular complexity index is 1350. The minimum absolute atomic E-state index is 0.101. The summed E-state index contributed by atoms with van der Waals surface area (Å²) in [5, 5.41) is 13.1. The Kier molecular flexibility index (Phi) is 7.40. The maximum atomic E-state index is 13.4. The molecule has 1 unspecified atom stereocenters. The predicted octanol–water partition coefficient (Wildman–Crippen LogP) is 7.54. The van der Waals surface area contributed by atoms with Crippen LogP contribution in [0.3, 0.4) is 0 Å². The number of halogens is 3. The number of oxazole rings is 1. The molecule has 0 fully saturated rings. The highest BCUT2D eigenvalue weighted by molar-refractivity contribution is 7.80. The molecule has 36 heavy (non-hydrogen) atoms. The van der Waals surface area contributed by atoms with Gasteiger partial charge in [0.05, 0.1) is 11.5 Å². The number of thiol groups is 1. The van der Waals surface area contributed by atoms with Gasteiger partial charge in [-0.05, 0) is 42.8 Å². The molecule has 1 aromatic heterocycles. The van der Waals surface area contributed by atoms with Crippen LogP contribution in [0.15, 0.2) is 82.1 Å². The largest absolute Gasteiger partial charge is 0.508 e. The molecule has 0 aliphatic rings. The van der Waals surface area contributed by atoms with E-state index in [2.05, 4.69) is 22.9 Å². The second-order valence-corrected chi connectivity index (χ2v) is 8.73. The summed E-state index contributed by atoms with van der Waals surface area (Å²) in [6, 6.07) is 18.9. The van der Waals surface area contributed by atoms with Crippen LogP contribution in [0.25, 0.3) is 22.7 Å². The zero-order valence-corrected chi connectivity index (χ0v) is 20.1. The molecule has 9 heteroatoms. The Morgan fingerprint density at radius 1 is 1.06 bits per heavy atom. The Balaban J connectivity index is 1.70. The number of rotatable bonds is 7. The molecule has 4 rings (SSSR count). The van der Waals surface area contributed by atoms with Crippen molar-refractivity contribution < 1.29 is 27.5 Å². The molecule has 0 aliphatic heterocycles. The number of alkyl halides is 3. The molecule has 186 valence electrons. The van der Waals surface area contributed by atoms with Crippen molar-refractivity contribution in [1.82, 2.24) is 4.98 Å². The highest BCUT2D eigenvalue weighted by Crippen LogP contribution is 2.38. The predicted molar refractivity (Wildman–Crippen MR) is 134 cm³/mol. The third kappa shape index (κ3) is 5.57. The van der Waals surface area contributed by atoms with E-state index in [-0.39, 0.29) is 17.3 Å². The molecule has 1 atom stereocenters. The molecule has 0 saturated carbocycles. The van der Waals surface area contributed by atoms with Gasteiger partial charge in [0.1, 0.15) is 11.4 Å². The van der Waals surface area contributed by atoms with E-state index in [0.29, 0.717) is 35.7 Å². The van der Waals surface area contributed by atoms with Crippen LogP contribution in [0.1, 0.15) is 36.8 Å². The van der Waals surface area contributed by atoms with E-state index in [9.17, 15) is 23.1 Å². The molecule has 0 saturated heterocycles. The van der Waals surface area contributed by atoms with Gasteiger partial charge >= 0.3 is 6.18 Å². The van der Waals surface area contributed by atoms with Crippen molar-refractivity contribution in [2.24, 2.45) is 0 Å². The minimum atomic E-state index is -4.61. The van der Waals surface area contributed by atoms with E-state index in [1.807, 2.05) is 37.3 Å². The van der Waals surface area contributed by atoms with Gasteiger partial charge in [-0.3, -0.25) is 10.1 Å². The highest BCUT2D eigenvalue weighted by atomic mass is 32.1. The number of aromatic nitrogens is 1. The van der Waals surface area contributed by atoms with Gasteiger partial charge in [0.2, 0.25) is 17.7 Å². The summed E-state index contributed by atoms with van der Waals surface area (Å²) in [5.74, 6) is -1.65. The lowest BCUT2D eigenvalue weighted by Crippen LogP contribution is -2.21. The molecular weight excluding hydrogens is 489 g/mol. The van der Waals surface area contributed by atoms with Crippen LogP contribution in [0.4, 0.5) is 19.1 Å². The fraction of sp³-hybridized carbons (Fsp3) is 0.185. The van der Waals surface area contributed by atoms with Gasteiger partial charge in [-0.2, -0.15) is 13.2 Å². The lowest BCUT2D eigenvalue weighted by molar-refractivity contribution is -0.137. The Hall–Kier alpha value is -3.72. The molecule has 1 heterocycles. The maximum absolute atomic E-state index is 13.4. The van der Waals surface area contributed by atoms with Crippen LogP contribution in [0, 0.1) is 0 Å². The summed E-state index contributed by atoms with van der Waals surface area (Å²) in [5.41, 5.74) is 0.903. The molecule has 0 bridgehead atoms. The number of hydrogen-bond donors (Lipinski definition) is 3. The summed E-state index contributed by atoms with van der Waals surface area (Å²) >= 11 is 4.29. The molecule has 0 spiro atoms. The first-order valence-electron chi connectivity index (χ1n) is 11.2. The molecule has 0 aliphatic carbocycles. The fourth-order valence-electron chi connectivity index (χ4n) is 3.85. The number of benzene rings is 3. The van der Waals surface area contributed by atoms with Crippen molar-refractivity contribution in [1.29, 1.82) is 0 Å². The first-order chi connectivity index (χ1) is 17.2. The smallest absolute Gasteiger partial charge is 0.416 e. The molecule has 3 aromatic carbocycles. The Labute approximate surface area is 211 Å². The summed E-state index contributed by atoms with van der Waals surface area (Å²) in [6.45, 7) is 1.84. The SMILES string of the molecule is CCCC(C(=O)Nc1oc(-c2ccc(S)cc2)nc1-c1ccccc1)c1ccc(C(F)(F)F)cc1O. The fourth-order valence-corrected chi connectivity index (χ4v) is 4.00. The second-order valence-electron chi connectivity index (χ2n) is 8.21. The average Bonchev–Trinajstić information content (AvgIpc) is 3.26. The topological polar surface area (TPSA) is 75.4 Å². The maximum Gasteiger partial charge on any atom is 0.416 e. The summed E-state index contributed by atoms with van der Waals surface area (Å²) in [6.07, 6.45) is -3.75. The van der Waals surface area contributed by atoms with Gasteiger partial charge in [0.25, 0.3) is 0 Å². The quantitative estimate of drug-likeness (QED) is 0.224. The summed E-state index contributed by atoms with van der Waals surface area (Å²) in [4.78, 5) is 18.7. The number of amides is 1. The van der Waals surface area contributed by atoms with Crippen molar-refractivity contribution in [3.8, 4) is 28.5 Å². The van der Waals surface area contributed by atoms with Crippen molar-refractivity contribution in [2.75, 3.05) is 5.32 Å². The minimum Gasteiger partial charge on any atom is -0.508 e. The van der Waals surface area contributed by atoms with Crippen molar-refractivity contribution >= 4 is 24.4 Å². The first kappa shape index (κ1) is 25.4. The van der Waals surface area contributed by atoms with E-state index in [0.717, 1.165) is 17.0 Å². The number of anilines is 1. The van der Waals surface area contributed by atoms with Gasteiger partial charge in [-0.1, -0.05) is 49.7 Å². The van der Waals surface area contributed by atoms with E-state index < -0.39 is 29.3 Å². The van der Waals surface area contributed by atoms with Crippen LogP contribution in [0.2, 0.25) is 0 Å². The third-order valence-electron chi connectivity index (χ3n) is 5.65. The van der Waals surface area contributed by atoms with E-state index in [1.165, 1.54) is 0 Å². The zero-order valence-electron chi connectivity index (χ0n) is 19.2. The number of aromatic hydroxyl groups is 1. The van der Waals surface area contributed by atoms with E-state index >= 15 is 0 Å². The standard InChI is InChI=1S/C27H23F3N2O3S/c1-2-6-21(20-14-11-18(15-22(20)33)27(28,29)30)24(34)32-26-23(16-7-4-3-5-8-16)31-25(35-26)17-9-12-19(36)13-10-17/h3-5,7-15,21,33,36H,2,6H2,1H3,(H,32,34). The molecule has 1 amide bonds. The first-order valence-corrected chi connectivity index (χ1v) is 11.7. The average molecular weight is 513 g/mol. The number of carbonyl (C=O) groups excluding carboxylic acids is 1. The Morgan fingerprint density at radius 3 is 2.36 bits per heavy atom. The number of phenols is 1. The number of phenolic OH excluding ortho intramolecular Hbond substituents is 1. The lowest BCUT2D eigenvalue weighted by atomic mass is 9.91. The normalized spacial score (nSPS) is 12.4. The number of carbonyl (C=O) groups is 1. The van der Waals surface area contributed by atoms with Gasteiger partial charge < -0.3 is 9.52 Å². The second kappa shape index (κ2) is 10.5. The Morgan fingerprint density at radius 2 is 1.75 bits per heavy atom. The summed E-state index contributed by atoms with van der Waals surface area (Å²) in [7, 11) is 0. The van der Waals surface area contributed by atoms with Gasteiger partial charge in [0, 0.05) is 21.6 Å². The van der Waals surface area contributed by atoms with Crippen LogP contribution in [-0.4, -0.2) is 16.0 Å². The van der Waals surface area contributed by atoms with Gasteiger partial charge in [-0.25, -0.2) is 4.98 Å². The van der Waals surface area contributed by atoms with Crippen molar-refractivity contribution in [3.05, 3.63) is 83.9 Å². The number of nitrogens with one attached hydrogen (secondary N) is 1. The molecule has 5 nitrogen and oxygen atoms in total. The van der Waals surface area contributed by atoms with Crippen molar-refractivity contribution in [2.45, 2.75) is 36.8 Å². The third-order valence-corrected chi connectivity index (χ3v) is 5.95. The van der Waals surface area contributed by atoms with E-state index in [4.69, 9.17) is 4.42 Å². The number of nitrogens with zero attached hydrogens (tertiary/aromatic N) is 1. The van der Waals surface area contributed by atoms with Crippen LogP contribution in [0.5, 0.6) is 5.75 Å². The van der Waals surface area contributed by atoms with Crippen LogP contribution in [-0.2, 0) is 11.0 Å². The molecule has 2 N–H and O–H groups in total. The van der Waals surface area contributed by atoms with E-state index in [1.54, 1.807) is 24.3 Å². The molecular formula is C27H23F3N2O3S. The number of hydrogen-bond acceptors (Lipinski definition) is 5. The monoisotopic (exact) mass is 512 g/mol. The van der Waals surface area contributed by atoms with Crippen LogP contribution >= 0.6 is 12.6 Å². The lowest BCUT2D eigenvalue weighted by Gasteiger charge is -2.18. The van der Waals surface area contributed by atoms with Gasteiger partial charge in [-0.15, -0.1) is 12.6 Å².